The van der Waals surface area contributed by atoms with Crippen molar-refractivity contribution >= 4 is 33.8 Å². The van der Waals surface area contributed by atoms with Crippen LogP contribution in [0.3, 0.4) is 0 Å². The summed E-state index contributed by atoms with van der Waals surface area (Å²) < 4.78 is 11.6. The van der Waals surface area contributed by atoms with Crippen LogP contribution in [0, 0.1) is 0 Å². The lowest BCUT2D eigenvalue weighted by molar-refractivity contribution is 0.0703. The molecule has 1 fully saturated rings. The van der Waals surface area contributed by atoms with Crippen molar-refractivity contribution in [3.63, 3.8) is 0 Å². The number of nitrogens with two attached hydrogens (primary N) is 1. The summed E-state index contributed by atoms with van der Waals surface area (Å²) >= 11 is 1.24. The lowest BCUT2D eigenvalue weighted by atomic mass is 9.90. The summed E-state index contributed by atoms with van der Waals surface area (Å²) in [5, 5.41) is 9.37. The smallest absolute Gasteiger partial charge is 0.348 e. The van der Waals surface area contributed by atoms with Gasteiger partial charge in [0.05, 0.1) is 5.69 Å². The number of carbonyl (C=O) groups is 1. The summed E-state index contributed by atoms with van der Waals surface area (Å²) in [6, 6.07) is 9.75. The van der Waals surface area contributed by atoms with Gasteiger partial charge in [0, 0.05) is 27.2 Å². The molecule has 0 spiro atoms. The number of rotatable bonds is 3. The van der Waals surface area contributed by atoms with Gasteiger partial charge in [0.2, 0.25) is 0 Å². The van der Waals surface area contributed by atoms with Gasteiger partial charge in [-0.15, -0.1) is 11.3 Å². The second kappa shape index (κ2) is 6.22. The maximum atomic E-state index is 11.6. The van der Waals surface area contributed by atoms with Gasteiger partial charge in [-0.3, -0.25) is 4.21 Å². The van der Waals surface area contributed by atoms with Crippen molar-refractivity contribution in [2.24, 2.45) is 0 Å². The molecule has 0 aliphatic carbocycles. The highest BCUT2D eigenvalue weighted by Crippen LogP contribution is 2.45. The van der Waals surface area contributed by atoms with Crippen LogP contribution in [-0.4, -0.2) is 26.8 Å². The molecule has 1 aliphatic heterocycles. The minimum absolute atomic E-state index is 0.192. The molecule has 1 saturated heterocycles. The third-order valence-electron chi connectivity index (χ3n) is 4.01. The fraction of sp³-hybridized carbons (Fsp3) is 0.312. The fourth-order valence-corrected chi connectivity index (χ4v) is 5.36. The first-order chi connectivity index (χ1) is 10.6. The van der Waals surface area contributed by atoms with Gasteiger partial charge in [-0.25, -0.2) is 4.79 Å². The number of carboxylic acid groups (broad SMARTS) is 1. The van der Waals surface area contributed by atoms with Gasteiger partial charge >= 0.3 is 5.97 Å². The number of benzene rings is 1. The molecule has 22 heavy (non-hydrogen) atoms. The van der Waals surface area contributed by atoms with Crippen LogP contribution >= 0.6 is 11.3 Å². The van der Waals surface area contributed by atoms with E-state index in [1.165, 1.54) is 11.3 Å². The van der Waals surface area contributed by atoms with Gasteiger partial charge in [-0.05, 0) is 29.9 Å². The van der Waals surface area contributed by atoms with Crippen molar-refractivity contribution in [2.75, 3.05) is 17.2 Å². The van der Waals surface area contributed by atoms with Crippen LogP contribution in [0.25, 0.3) is 10.4 Å². The van der Waals surface area contributed by atoms with E-state index < -0.39 is 16.8 Å². The van der Waals surface area contributed by atoms with Crippen molar-refractivity contribution in [1.82, 2.24) is 0 Å². The fourth-order valence-electron chi connectivity index (χ4n) is 2.91. The second-order valence-electron chi connectivity index (χ2n) is 5.38. The van der Waals surface area contributed by atoms with Gasteiger partial charge in [-0.1, -0.05) is 30.3 Å². The lowest BCUT2D eigenvalue weighted by Gasteiger charge is -2.23. The SMILES string of the molecule is Nc1c(C(=O)O)sc(-c2ccccc2)c1C1CCS(=O)CC1. The Bertz CT molecular complexity index is 714. The Labute approximate surface area is 135 Å². The van der Waals surface area contributed by atoms with Crippen molar-refractivity contribution in [2.45, 2.75) is 18.8 Å². The third kappa shape index (κ3) is 2.80. The van der Waals surface area contributed by atoms with Crippen molar-refractivity contribution in [3.8, 4) is 10.4 Å². The Morgan fingerprint density at radius 3 is 2.45 bits per heavy atom. The number of aromatic carboxylic acids is 1. The molecule has 2 aromatic rings. The van der Waals surface area contributed by atoms with Crippen LogP contribution in [0.2, 0.25) is 0 Å². The molecular weight excluding hydrogens is 318 g/mol. The Morgan fingerprint density at radius 1 is 1.23 bits per heavy atom. The maximum Gasteiger partial charge on any atom is 0.348 e. The van der Waals surface area contributed by atoms with Gasteiger partial charge in [-0.2, -0.15) is 0 Å². The van der Waals surface area contributed by atoms with Crippen molar-refractivity contribution < 1.29 is 14.1 Å². The zero-order valence-corrected chi connectivity index (χ0v) is 13.6. The van der Waals surface area contributed by atoms with Gasteiger partial charge in [0.1, 0.15) is 4.88 Å². The highest BCUT2D eigenvalue weighted by atomic mass is 32.2. The first-order valence-electron chi connectivity index (χ1n) is 7.13. The Hall–Kier alpha value is -1.66. The standard InChI is InChI=1S/C16H17NO3S2/c17-13-12(10-6-8-22(20)9-7-10)14(21-15(13)16(18)19)11-4-2-1-3-5-11/h1-5,10H,6-9,17H2,(H,18,19). The zero-order valence-electron chi connectivity index (χ0n) is 12.0. The summed E-state index contributed by atoms with van der Waals surface area (Å²) in [6.07, 6.45) is 1.60. The molecule has 4 nitrogen and oxygen atoms in total. The largest absolute Gasteiger partial charge is 0.477 e. The molecule has 3 rings (SSSR count). The molecule has 0 radical (unpaired) electrons. The van der Waals surface area contributed by atoms with E-state index in [1.54, 1.807) is 0 Å². The molecule has 1 aromatic heterocycles. The third-order valence-corrected chi connectivity index (χ3v) is 6.65. The first-order valence-corrected chi connectivity index (χ1v) is 9.44. The van der Waals surface area contributed by atoms with Crippen LogP contribution in [0.1, 0.15) is 34.0 Å². The number of carboxylic acids is 1. The maximum absolute atomic E-state index is 11.6. The average Bonchev–Trinajstić information content (AvgIpc) is 2.87. The number of hydrogen-bond donors (Lipinski definition) is 2. The summed E-state index contributed by atoms with van der Waals surface area (Å²) in [6.45, 7) is 0. The predicted octanol–water partition coefficient (Wildman–Crippen LogP) is 3.32. The number of thiophene rings is 1. The normalized spacial score (nSPS) is 21.6. The van der Waals surface area contributed by atoms with Gasteiger partial charge in [0.15, 0.2) is 0 Å². The number of nitrogen functional groups attached to an aromatic ring is 1. The highest BCUT2D eigenvalue weighted by molar-refractivity contribution is 7.85. The van der Waals surface area contributed by atoms with Crippen LogP contribution in [0.15, 0.2) is 30.3 Å². The number of hydrogen-bond acceptors (Lipinski definition) is 4. The minimum Gasteiger partial charge on any atom is -0.477 e. The first kappa shape index (κ1) is 15.2. The van der Waals surface area contributed by atoms with E-state index in [0.717, 1.165) is 28.8 Å². The molecule has 0 saturated carbocycles. The van der Waals surface area contributed by atoms with E-state index in [4.69, 9.17) is 5.73 Å². The van der Waals surface area contributed by atoms with Crippen molar-refractivity contribution in [3.05, 3.63) is 40.8 Å². The summed E-state index contributed by atoms with van der Waals surface area (Å²) in [5.41, 5.74) is 8.47. The average molecular weight is 335 g/mol. The Kier molecular flexibility index (Phi) is 4.31. The topological polar surface area (TPSA) is 80.4 Å². The van der Waals surface area contributed by atoms with E-state index in [-0.39, 0.29) is 10.8 Å². The molecule has 1 aliphatic rings. The Balaban J connectivity index is 2.10. The van der Waals surface area contributed by atoms with Crippen LogP contribution in [0.5, 0.6) is 0 Å². The molecule has 0 amide bonds. The van der Waals surface area contributed by atoms with E-state index >= 15 is 0 Å². The molecule has 3 N–H and O–H groups in total. The van der Waals surface area contributed by atoms with E-state index in [2.05, 4.69) is 0 Å². The quantitative estimate of drug-likeness (QED) is 0.901. The monoisotopic (exact) mass is 335 g/mol. The molecule has 6 heteroatoms. The molecule has 0 unspecified atom stereocenters. The van der Waals surface area contributed by atoms with Crippen molar-refractivity contribution in [1.29, 1.82) is 0 Å². The van der Waals surface area contributed by atoms with Gasteiger partial charge < -0.3 is 10.8 Å². The predicted molar refractivity (Wildman–Crippen MR) is 91.0 cm³/mol. The van der Waals surface area contributed by atoms with E-state index in [1.807, 2.05) is 30.3 Å². The van der Waals surface area contributed by atoms with E-state index in [9.17, 15) is 14.1 Å². The van der Waals surface area contributed by atoms with E-state index in [0.29, 0.717) is 17.2 Å². The minimum atomic E-state index is -0.981. The summed E-state index contributed by atoms with van der Waals surface area (Å²) in [5.74, 6) is 0.537. The van der Waals surface area contributed by atoms with Gasteiger partial charge in [0.25, 0.3) is 0 Å². The summed E-state index contributed by atoms with van der Waals surface area (Å²) in [7, 11) is -0.748. The number of anilines is 1. The van der Waals surface area contributed by atoms with Crippen LogP contribution < -0.4 is 5.73 Å². The molecule has 116 valence electrons. The van der Waals surface area contributed by atoms with Crippen LogP contribution in [0.4, 0.5) is 5.69 Å². The Morgan fingerprint density at radius 2 is 1.86 bits per heavy atom. The molecule has 2 heterocycles. The molecule has 0 bridgehead atoms. The highest BCUT2D eigenvalue weighted by Gasteiger charge is 2.29. The molecule has 0 atom stereocenters. The lowest BCUT2D eigenvalue weighted by Crippen LogP contribution is -2.18. The second-order valence-corrected chi connectivity index (χ2v) is 8.10. The summed E-state index contributed by atoms with van der Waals surface area (Å²) in [4.78, 5) is 12.6. The molecule has 1 aromatic carbocycles. The zero-order chi connectivity index (χ0) is 15.7. The molecular formula is C16H17NO3S2. The van der Waals surface area contributed by atoms with Crippen LogP contribution in [-0.2, 0) is 10.8 Å².